The van der Waals surface area contributed by atoms with Crippen LogP contribution in [0.2, 0.25) is 0 Å². The highest BCUT2D eigenvalue weighted by Gasteiger charge is 2.26. The van der Waals surface area contributed by atoms with Crippen molar-refractivity contribution in [2.45, 2.75) is 45.1 Å². The molecule has 0 amide bonds. The van der Waals surface area contributed by atoms with E-state index in [9.17, 15) is 0 Å². The molecular weight excluding hydrogens is 286 g/mol. The van der Waals surface area contributed by atoms with E-state index in [1.165, 1.54) is 37.1 Å². The van der Waals surface area contributed by atoms with Crippen molar-refractivity contribution in [3.63, 3.8) is 0 Å². The highest BCUT2D eigenvalue weighted by molar-refractivity contribution is 5.10. The first-order valence-corrected chi connectivity index (χ1v) is 8.74. The lowest BCUT2D eigenvalue weighted by Gasteiger charge is -2.32. The number of ether oxygens (including phenoxy) is 1. The van der Waals surface area contributed by atoms with Crippen molar-refractivity contribution in [3.05, 3.63) is 54.1 Å². The average molecular weight is 311 g/mol. The van der Waals surface area contributed by atoms with Crippen LogP contribution in [0.25, 0.3) is 0 Å². The minimum Gasteiger partial charge on any atom is -0.370 e. The quantitative estimate of drug-likeness (QED) is 0.850. The molecule has 4 rings (SSSR count). The molecule has 3 heterocycles. The summed E-state index contributed by atoms with van der Waals surface area (Å²) in [6.07, 6.45) is 10.3. The summed E-state index contributed by atoms with van der Waals surface area (Å²) in [7, 11) is 0. The molecule has 0 spiro atoms. The smallest absolute Gasteiger partial charge is 0.0885 e. The first kappa shape index (κ1) is 14.9. The van der Waals surface area contributed by atoms with Crippen molar-refractivity contribution in [2.75, 3.05) is 13.1 Å². The van der Waals surface area contributed by atoms with Gasteiger partial charge in [-0.15, -0.1) is 0 Å². The molecule has 4 heteroatoms. The molecule has 2 aliphatic rings. The zero-order valence-corrected chi connectivity index (χ0v) is 13.6. The van der Waals surface area contributed by atoms with Crippen LogP contribution in [-0.4, -0.2) is 33.6 Å². The molecule has 0 N–H and O–H groups in total. The molecule has 1 unspecified atom stereocenters. The van der Waals surface area contributed by atoms with E-state index in [1.54, 1.807) is 0 Å². The van der Waals surface area contributed by atoms with Gasteiger partial charge in [-0.2, -0.15) is 0 Å². The van der Waals surface area contributed by atoms with Gasteiger partial charge in [0.25, 0.3) is 0 Å². The van der Waals surface area contributed by atoms with Crippen molar-refractivity contribution in [3.8, 4) is 0 Å². The van der Waals surface area contributed by atoms with Gasteiger partial charge in [0.1, 0.15) is 0 Å². The summed E-state index contributed by atoms with van der Waals surface area (Å²) < 4.78 is 8.61. The zero-order chi connectivity index (χ0) is 15.5. The molecule has 1 fully saturated rings. The Hall–Kier alpha value is -1.65. The molecular formula is C19H25N3O. The fourth-order valence-corrected chi connectivity index (χ4v) is 3.61. The number of hydrogen-bond donors (Lipinski definition) is 0. The van der Waals surface area contributed by atoms with E-state index in [-0.39, 0.29) is 6.10 Å². The van der Waals surface area contributed by atoms with E-state index in [0.29, 0.717) is 6.61 Å². The lowest BCUT2D eigenvalue weighted by Crippen LogP contribution is -2.37. The minimum atomic E-state index is 0.247. The predicted molar refractivity (Wildman–Crippen MR) is 89.9 cm³/mol. The second kappa shape index (κ2) is 6.85. The van der Waals surface area contributed by atoms with Gasteiger partial charge in [-0.25, -0.2) is 0 Å². The van der Waals surface area contributed by atoms with E-state index >= 15 is 0 Å². The third kappa shape index (κ3) is 3.65. The van der Waals surface area contributed by atoms with Gasteiger partial charge in [-0.3, -0.25) is 9.88 Å². The van der Waals surface area contributed by atoms with Crippen molar-refractivity contribution in [1.82, 2.24) is 14.5 Å². The topological polar surface area (TPSA) is 30.3 Å². The Kier molecular flexibility index (Phi) is 4.44. The number of rotatable bonds is 5. The summed E-state index contributed by atoms with van der Waals surface area (Å²) in [6, 6.07) is 8.47. The molecule has 1 saturated carbocycles. The third-order valence-corrected chi connectivity index (χ3v) is 5.15. The number of aromatic nitrogens is 2. The maximum absolute atomic E-state index is 6.25. The zero-order valence-electron chi connectivity index (χ0n) is 13.6. The van der Waals surface area contributed by atoms with Crippen molar-refractivity contribution >= 4 is 0 Å². The number of hydrogen-bond acceptors (Lipinski definition) is 3. The first-order valence-electron chi connectivity index (χ1n) is 8.74. The van der Waals surface area contributed by atoms with Crippen LogP contribution in [0.3, 0.4) is 0 Å². The normalized spacial score (nSPS) is 22.3. The van der Waals surface area contributed by atoms with Gasteiger partial charge >= 0.3 is 0 Å². The molecule has 0 saturated heterocycles. The number of fused-ring (bicyclic) bond motifs is 1. The van der Waals surface area contributed by atoms with Gasteiger partial charge in [0, 0.05) is 50.5 Å². The van der Waals surface area contributed by atoms with Gasteiger partial charge < -0.3 is 9.30 Å². The van der Waals surface area contributed by atoms with E-state index in [0.717, 1.165) is 25.6 Å². The maximum atomic E-state index is 6.25. The Bertz CT molecular complexity index is 621. The van der Waals surface area contributed by atoms with Gasteiger partial charge in [0.05, 0.1) is 12.7 Å². The van der Waals surface area contributed by atoms with Crippen LogP contribution < -0.4 is 0 Å². The highest BCUT2D eigenvalue weighted by Crippen LogP contribution is 2.28. The van der Waals surface area contributed by atoms with E-state index in [1.807, 2.05) is 24.5 Å². The van der Waals surface area contributed by atoms with Crippen LogP contribution >= 0.6 is 0 Å². The Morgan fingerprint density at radius 3 is 2.78 bits per heavy atom. The first-order chi connectivity index (χ1) is 11.4. The summed E-state index contributed by atoms with van der Waals surface area (Å²) in [6.45, 7) is 4.93. The van der Waals surface area contributed by atoms with Crippen molar-refractivity contribution in [2.24, 2.45) is 5.92 Å². The molecule has 2 aromatic heterocycles. The SMILES string of the molecule is c1cc2n(c1)CC(OCc1ccncc1)CN(CC1CCC1)C2. The monoisotopic (exact) mass is 311 g/mol. The van der Waals surface area contributed by atoms with Crippen molar-refractivity contribution < 1.29 is 4.74 Å². The van der Waals surface area contributed by atoms with Crippen LogP contribution in [-0.2, 0) is 24.4 Å². The molecule has 0 bridgehead atoms. The average Bonchev–Trinajstić information content (AvgIpc) is 2.89. The van der Waals surface area contributed by atoms with Crippen LogP contribution in [0.4, 0.5) is 0 Å². The molecule has 4 nitrogen and oxygen atoms in total. The van der Waals surface area contributed by atoms with E-state index < -0.39 is 0 Å². The Morgan fingerprint density at radius 1 is 1.13 bits per heavy atom. The second-order valence-electron chi connectivity index (χ2n) is 6.93. The van der Waals surface area contributed by atoms with Gasteiger partial charge in [0.2, 0.25) is 0 Å². The Balaban J connectivity index is 1.42. The lowest BCUT2D eigenvalue weighted by atomic mass is 9.85. The molecule has 0 aromatic carbocycles. The molecule has 0 radical (unpaired) electrons. The van der Waals surface area contributed by atoms with E-state index in [4.69, 9.17) is 4.74 Å². The van der Waals surface area contributed by atoms with Gasteiger partial charge in [-0.05, 0) is 48.6 Å². The van der Waals surface area contributed by atoms with E-state index in [2.05, 4.69) is 32.8 Å². The summed E-state index contributed by atoms with van der Waals surface area (Å²) in [4.78, 5) is 6.67. The molecule has 1 aliphatic carbocycles. The number of pyridine rings is 1. The van der Waals surface area contributed by atoms with Crippen LogP contribution in [0.1, 0.15) is 30.5 Å². The maximum Gasteiger partial charge on any atom is 0.0885 e. The molecule has 23 heavy (non-hydrogen) atoms. The summed E-state index contributed by atoms with van der Waals surface area (Å²) in [5, 5.41) is 0. The standard InChI is InChI=1S/C19H25N3O/c1-3-16(4-1)11-21-12-18-5-2-10-22(18)14-19(13-21)23-15-17-6-8-20-9-7-17/h2,5-10,16,19H,1,3-4,11-15H2. The van der Waals surface area contributed by atoms with Gasteiger partial charge in [0.15, 0.2) is 0 Å². The number of nitrogens with zero attached hydrogens (tertiary/aromatic N) is 3. The summed E-state index contributed by atoms with van der Waals surface area (Å²) in [5.41, 5.74) is 2.61. The predicted octanol–water partition coefficient (Wildman–Crippen LogP) is 3.08. The summed E-state index contributed by atoms with van der Waals surface area (Å²) >= 11 is 0. The fraction of sp³-hybridized carbons (Fsp3) is 0.526. The lowest BCUT2D eigenvalue weighted by molar-refractivity contribution is 0.00496. The van der Waals surface area contributed by atoms with Crippen LogP contribution in [0.5, 0.6) is 0 Å². The summed E-state index contributed by atoms with van der Waals surface area (Å²) in [5.74, 6) is 0.900. The Labute approximate surface area is 138 Å². The highest BCUT2D eigenvalue weighted by atomic mass is 16.5. The molecule has 122 valence electrons. The Morgan fingerprint density at radius 2 is 2.00 bits per heavy atom. The fourth-order valence-electron chi connectivity index (χ4n) is 3.61. The van der Waals surface area contributed by atoms with Gasteiger partial charge in [-0.1, -0.05) is 6.42 Å². The van der Waals surface area contributed by atoms with Crippen molar-refractivity contribution in [1.29, 1.82) is 0 Å². The molecule has 1 atom stereocenters. The van der Waals surface area contributed by atoms with Crippen LogP contribution in [0, 0.1) is 5.92 Å². The second-order valence-corrected chi connectivity index (χ2v) is 6.93. The third-order valence-electron chi connectivity index (χ3n) is 5.15. The molecule has 1 aliphatic heterocycles. The largest absolute Gasteiger partial charge is 0.370 e. The van der Waals surface area contributed by atoms with Crippen LogP contribution in [0.15, 0.2) is 42.9 Å². The molecule has 2 aromatic rings. The minimum absolute atomic E-state index is 0.247.